The minimum absolute atomic E-state index is 0.0189. The van der Waals surface area contributed by atoms with E-state index in [0.29, 0.717) is 29.6 Å². The maximum Gasteiger partial charge on any atom is 0.255 e. The van der Waals surface area contributed by atoms with Crippen LogP contribution in [0.1, 0.15) is 23.2 Å². The van der Waals surface area contributed by atoms with Crippen LogP contribution in [0.2, 0.25) is 5.02 Å². The molecule has 1 amide bonds. The monoisotopic (exact) mass is 367 g/mol. The molecule has 1 fully saturated rings. The number of halogens is 1. The Morgan fingerprint density at radius 3 is 2.62 bits per heavy atom. The fourth-order valence-electron chi connectivity index (χ4n) is 3.23. The summed E-state index contributed by atoms with van der Waals surface area (Å²) < 4.78 is 6.09. The van der Waals surface area contributed by atoms with Crippen molar-refractivity contribution in [2.24, 2.45) is 0 Å². The molecule has 0 aliphatic carbocycles. The van der Waals surface area contributed by atoms with Gasteiger partial charge < -0.3 is 9.64 Å². The molecule has 6 heteroatoms. The number of piperidine rings is 1. The van der Waals surface area contributed by atoms with E-state index in [1.165, 1.54) is 0 Å². The molecule has 1 aliphatic heterocycles. The van der Waals surface area contributed by atoms with E-state index in [4.69, 9.17) is 16.3 Å². The average Bonchev–Trinajstić information content (AvgIpc) is 2.69. The van der Waals surface area contributed by atoms with Gasteiger partial charge in [0.05, 0.1) is 16.8 Å². The third-order valence-electron chi connectivity index (χ3n) is 4.65. The van der Waals surface area contributed by atoms with E-state index in [-0.39, 0.29) is 12.0 Å². The summed E-state index contributed by atoms with van der Waals surface area (Å²) in [5, 5.41) is 10.6. The fourth-order valence-corrected chi connectivity index (χ4v) is 3.44. The SMILES string of the molecule is O=C(c1ccccc1Cl)N1CCC(Oc2nncc3ccccc23)CC1. The van der Waals surface area contributed by atoms with Crippen LogP contribution in [-0.2, 0) is 0 Å². The molecule has 2 heterocycles. The lowest BCUT2D eigenvalue weighted by molar-refractivity contribution is 0.0589. The third-order valence-corrected chi connectivity index (χ3v) is 4.98. The van der Waals surface area contributed by atoms with Gasteiger partial charge in [0.2, 0.25) is 5.88 Å². The summed E-state index contributed by atoms with van der Waals surface area (Å²) in [5.41, 5.74) is 0.549. The van der Waals surface area contributed by atoms with Crippen LogP contribution in [0, 0.1) is 0 Å². The van der Waals surface area contributed by atoms with Gasteiger partial charge in [-0.2, -0.15) is 5.10 Å². The molecule has 0 bridgehead atoms. The number of carbonyl (C=O) groups excluding carboxylic acids is 1. The number of carbonyl (C=O) groups is 1. The Morgan fingerprint density at radius 2 is 1.81 bits per heavy atom. The molecule has 2 aromatic carbocycles. The van der Waals surface area contributed by atoms with Crippen LogP contribution >= 0.6 is 11.6 Å². The van der Waals surface area contributed by atoms with E-state index < -0.39 is 0 Å². The van der Waals surface area contributed by atoms with Gasteiger partial charge in [-0.25, -0.2) is 0 Å². The summed E-state index contributed by atoms with van der Waals surface area (Å²) >= 11 is 6.14. The Hall–Kier alpha value is -2.66. The molecule has 5 nitrogen and oxygen atoms in total. The van der Waals surface area contributed by atoms with Crippen molar-refractivity contribution >= 4 is 28.3 Å². The zero-order valence-electron chi connectivity index (χ0n) is 14.1. The van der Waals surface area contributed by atoms with Crippen molar-refractivity contribution in [3.63, 3.8) is 0 Å². The molecule has 0 spiro atoms. The zero-order valence-corrected chi connectivity index (χ0v) is 14.9. The van der Waals surface area contributed by atoms with Crippen LogP contribution in [0.3, 0.4) is 0 Å². The van der Waals surface area contributed by atoms with E-state index in [9.17, 15) is 4.79 Å². The average molecular weight is 368 g/mol. The first kappa shape index (κ1) is 16.8. The van der Waals surface area contributed by atoms with E-state index >= 15 is 0 Å². The van der Waals surface area contributed by atoms with Crippen LogP contribution in [0.15, 0.2) is 54.7 Å². The van der Waals surface area contributed by atoms with Crippen molar-refractivity contribution < 1.29 is 9.53 Å². The molecule has 4 rings (SSSR count). The highest BCUT2D eigenvalue weighted by atomic mass is 35.5. The lowest BCUT2D eigenvalue weighted by atomic mass is 10.1. The van der Waals surface area contributed by atoms with Gasteiger partial charge in [0.25, 0.3) is 5.91 Å². The van der Waals surface area contributed by atoms with E-state index in [1.807, 2.05) is 41.3 Å². The van der Waals surface area contributed by atoms with Crippen molar-refractivity contribution in [1.82, 2.24) is 15.1 Å². The van der Waals surface area contributed by atoms with Gasteiger partial charge in [0, 0.05) is 36.7 Å². The Bertz CT molecular complexity index is 934. The smallest absolute Gasteiger partial charge is 0.255 e. The normalized spacial score (nSPS) is 15.2. The first-order valence-electron chi connectivity index (χ1n) is 8.63. The molecule has 0 radical (unpaired) electrons. The van der Waals surface area contributed by atoms with Crippen molar-refractivity contribution in [1.29, 1.82) is 0 Å². The molecule has 3 aromatic rings. The highest BCUT2D eigenvalue weighted by Crippen LogP contribution is 2.26. The topological polar surface area (TPSA) is 55.3 Å². The number of rotatable bonds is 3. The van der Waals surface area contributed by atoms with Crippen LogP contribution in [0.25, 0.3) is 10.8 Å². The van der Waals surface area contributed by atoms with Gasteiger partial charge in [0.15, 0.2) is 0 Å². The number of amides is 1. The van der Waals surface area contributed by atoms with Crippen LogP contribution in [0.5, 0.6) is 5.88 Å². The largest absolute Gasteiger partial charge is 0.473 e. The number of fused-ring (bicyclic) bond motifs is 1. The molecule has 1 aliphatic rings. The predicted octanol–water partition coefficient (Wildman–Crippen LogP) is 3.97. The van der Waals surface area contributed by atoms with E-state index in [2.05, 4.69) is 10.2 Å². The molecule has 26 heavy (non-hydrogen) atoms. The van der Waals surface area contributed by atoms with Crippen LogP contribution in [0.4, 0.5) is 0 Å². The van der Waals surface area contributed by atoms with Crippen molar-refractivity contribution in [2.45, 2.75) is 18.9 Å². The molecule has 0 saturated carbocycles. The molecule has 1 saturated heterocycles. The Morgan fingerprint density at radius 1 is 1.08 bits per heavy atom. The minimum Gasteiger partial charge on any atom is -0.473 e. The van der Waals surface area contributed by atoms with Gasteiger partial charge in [-0.15, -0.1) is 5.10 Å². The third kappa shape index (κ3) is 3.35. The second-order valence-corrected chi connectivity index (χ2v) is 6.73. The number of nitrogens with zero attached hydrogens (tertiary/aromatic N) is 3. The molecule has 0 unspecified atom stereocenters. The first-order chi connectivity index (χ1) is 12.7. The maximum atomic E-state index is 12.6. The molecule has 0 N–H and O–H groups in total. The molecular formula is C20H18ClN3O2. The van der Waals surface area contributed by atoms with Gasteiger partial charge in [-0.05, 0) is 18.2 Å². The number of ether oxygens (including phenoxy) is 1. The number of aromatic nitrogens is 2. The molecular weight excluding hydrogens is 350 g/mol. The Kier molecular flexibility index (Phi) is 4.71. The van der Waals surface area contributed by atoms with Gasteiger partial charge >= 0.3 is 0 Å². The lowest BCUT2D eigenvalue weighted by Gasteiger charge is -2.32. The number of benzene rings is 2. The standard InChI is InChI=1S/C20H18ClN3O2/c21-18-8-4-3-7-17(18)20(25)24-11-9-15(10-12-24)26-19-16-6-2-1-5-14(16)13-22-23-19/h1-8,13,15H,9-12H2. The quantitative estimate of drug-likeness (QED) is 0.703. The van der Waals surface area contributed by atoms with E-state index in [0.717, 1.165) is 23.6 Å². The summed E-state index contributed by atoms with van der Waals surface area (Å²) in [7, 11) is 0. The van der Waals surface area contributed by atoms with Crippen LogP contribution < -0.4 is 4.74 Å². The summed E-state index contributed by atoms with van der Waals surface area (Å²) in [4.78, 5) is 14.5. The minimum atomic E-state index is -0.0287. The number of likely N-dealkylation sites (tertiary alicyclic amines) is 1. The number of hydrogen-bond donors (Lipinski definition) is 0. The highest BCUT2D eigenvalue weighted by Gasteiger charge is 2.26. The molecule has 1 aromatic heterocycles. The number of hydrogen-bond acceptors (Lipinski definition) is 4. The predicted molar refractivity (Wildman–Crippen MR) is 101 cm³/mol. The second-order valence-electron chi connectivity index (χ2n) is 6.33. The zero-order chi connectivity index (χ0) is 17.9. The van der Waals surface area contributed by atoms with Crippen molar-refractivity contribution in [3.05, 3.63) is 65.3 Å². The Labute approximate surface area is 156 Å². The van der Waals surface area contributed by atoms with Crippen molar-refractivity contribution in [2.75, 3.05) is 13.1 Å². The summed E-state index contributed by atoms with van der Waals surface area (Å²) in [5.74, 6) is 0.526. The lowest BCUT2D eigenvalue weighted by Crippen LogP contribution is -2.42. The van der Waals surface area contributed by atoms with Gasteiger partial charge in [-0.1, -0.05) is 41.9 Å². The molecule has 132 valence electrons. The van der Waals surface area contributed by atoms with Crippen molar-refractivity contribution in [3.8, 4) is 5.88 Å². The highest BCUT2D eigenvalue weighted by molar-refractivity contribution is 6.33. The van der Waals surface area contributed by atoms with E-state index in [1.54, 1.807) is 18.3 Å². The maximum absolute atomic E-state index is 12.6. The summed E-state index contributed by atoms with van der Waals surface area (Å²) in [6.07, 6.45) is 3.25. The summed E-state index contributed by atoms with van der Waals surface area (Å²) in [6, 6.07) is 15.0. The fraction of sp³-hybridized carbons (Fsp3) is 0.250. The Balaban J connectivity index is 1.42. The van der Waals surface area contributed by atoms with Gasteiger partial charge in [0.1, 0.15) is 6.10 Å². The summed E-state index contributed by atoms with van der Waals surface area (Å²) in [6.45, 7) is 1.26. The van der Waals surface area contributed by atoms with Crippen LogP contribution in [-0.4, -0.2) is 40.2 Å². The first-order valence-corrected chi connectivity index (χ1v) is 9.01. The second kappa shape index (κ2) is 7.30. The molecule has 0 atom stereocenters. The van der Waals surface area contributed by atoms with Gasteiger partial charge in [-0.3, -0.25) is 4.79 Å².